The van der Waals surface area contributed by atoms with Crippen molar-refractivity contribution >= 4 is 11.9 Å². The van der Waals surface area contributed by atoms with Crippen LogP contribution in [0.25, 0.3) is 0 Å². The third-order valence-electron chi connectivity index (χ3n) is 3.95. The molecule has 1 aromatic rings. The van der Waals surface area contributed by atoms with Crippen molar-refractivity contribution in [3.63, 3.8) is 0 Å². The number of rotatable bonds is 4. The van der Waals surface area contributed by atoms with Gasteiger partial charge in [-0.25, -0.2) is 0 Å². The molecule has 1 atom stereocenters. The fourth-order valence-corrected chi connectivity index (χ4v) is 2.86. The Morgan fingerprint density at radius 3 is 2.80 bits per heavy atom. The molecule has 1 amide bonds. The molecule has 0 saturated carbocycles. The first kappa shape index (κ1) is 14.5. The molecule has 1 unspecified atom stereocenters. The van der Waals surface area contributed by atoms with Crippen molar-refractivity contribution in [1.82, 2.24) is 9.88 Å². The van der Waals surface area contributed by atoms with E-state index >= 15 is 0 Å². The van der Waals surface area contributed by atoms with Gasteiger partial charge in [-0.3, -0.25) is 14.6 Å². The van der Waals surface area contributed by atoms with Crippen molar-refractivity contribution in [2.75, 3.05) is 13.1 Å². The van der Waals surface area contributed by atoms with E-state index < -0.39 is 11.4 Å². The standard InChI is InChI=1S/C15H20N2O3/c1-3-4-15(14(19)20)5-6-17(10-15)13(18)12-7-11(2)8-16-9-12/h7-9H,3-6,10H2,1-2H3,(H,19,20). The molecule has 20 heavy (non-hydrogen) atoms. The second-order valence-electron chi connectivity index (χ2n) is 5.56. The third kappa shape index (κ3) is 2.66. The summed E-state index contributed by atoms with van der Waals surface area (Å²) in [5, 5.41) is 9.46. The average molecular weight is 276 g/mol. The van der Waals surface area contributed by atoms with Crippen LogP contribution in [-0.4, -0.2) is 40.0 Å². The zero-order valence-corrected chi connectivity index (χ0v) is 11.9. The van der Waals surface area contributed by atoms with Crippen molar-refractivity contribution in [3.05, 3.63) is 29.6 Å². The SMILES string of the molecule is CCCC1(C(=O)O)CCN(C(=O)c2cncc(C)c2)C1. The lowest BCUT2D eigenvalue weighted by molar-refractivity contribution is -0.148. The molecule has 2 rings (SSSR count). The summed E-state index contributed by atoms with van der Waals surface area (Å²) < 4.78 is 0. The average Bonchev–Trinajstić information content (AvgIpc) is 2.84. The van der Waals surface area contributed by atoms with Crippen LogP contribution in [0.15, 0.2) is 18.5 Å². The monoisotopic (exact) mass is 276 g/mol. The molecule has 0 radical (unpaired) electrons. The highest BCUT2D eigenvalue weighted by Crippen LogP contribution is 2.36. The Morgan fingerprint density at radius 2 is 2.20 bits per heavy atom. The van der Waals surface area contributed by atoms with E-state index in [1.54, 1.807) is 17.2 Å². The maximum Gasteiger partial charge on any atom is 0.311 e. The number of aliphatic carboxylic acids is 1. The lowest BCUT2D eigenvalue weighted by Crippen LogP contribution is -2.37. The quantitative estimate of drug-likeness (QED) is 0.914. The number of hydrogen-bond donors (Lipinski definition) is 1. The second-order valence-corrected chi connectivity index (χ2v) is 5.56. The Kier molecular flexibility index (Phi) is 4.06. The van der Waals surface area contributed by atoms with E-state index in [2.05, 4.69) is 4.98 Å². The summed E-state index contributed by atoms with van der Waals surface area (Å²) in [5.74, 6) is -0.919. The zero-order chi connectivity index (χ0) is 14.8. The van der Waals surface area contributed by atoms with Gasteiger partial charge in [-0.05, 0) is 31.4 Å². The van der Waals surface area contributed by atoms with Gasteiger partial charge in [0.15, 0.2) is 0 Å². The molecule has 0 aliphatic carbocycles. The number of carbonyl (C=O) groups excluding carboxylic acids is 1. The number of likely N-dealkylation sites (tertiary alicyclic amines) is 1. The summed E-state index contributed by atoms with van der Waals surface area (Å²) in [6.07, 6.45) is 5.18. The highest BCUT2D eigenvalue weighted by atomic mass is 16.4. The number of aromatic nitrogens is 1. The van der Waals surface area contributed by atoms with Gasteiger partial charge < -0.3 is 10.0 Å². The lowest BCUT2D eigenvalue weighted by atomic mass is 9.83. The molecule has 1 saturated heterocycles. The predicted octanol–water partition coefficient (Wildman–Crippen LogP) is 2.11. The van der Waals surface area contributed by atoms with Crippen molar-refractivity contribution in [1.29, 1.82) is 0 Å². The number of pyridine rings is 1. The third-order valence-corrected chi connectivity index (χ3v) is 3.95. The van der Waals surface area contributed by atoms with Crippen molar-refractivity contribution in [2.45, 2.75) is 33.1 Å². The van der Waals surface area contributed by atoms with Crippen LogP contribution in [0.2, 0.25) is 0 Å². The molecule has 0 bridgehead atoms. The van der Waals surface area contributed by atoms with E-state index in [1.165, 1.54) is 6.20 Å². The Balaban J connectivity index is 2.16. The lowest BCUT2D eigenvalue weighted by Gasteiger charge is -2.24. The Bertz CT molecular complexity index is 530. The molecule has 0 spiro atoms. The van der Waals surface area contributed by atoms with Gasteiger partial charge in [-0.2, -0.15) is 0 Å². The topological polar surface area (TPSA) is 70.5 Å². The highest BCUT2D eigenvalue weighted by Gasteiger charge is 2.45. The van der Waals surface area contributed by atoms with Gasteiger partial charge in [-0.1, -0.05) is 13.3 Å². The minimum atomic E-state index is -0.794. The van der Waals surface area contributed by atoms with E-state index in [1.807, 2.05) is 13.8 Å². The summed E-state index contributed by atoms with van der Waals surface area (Å²) >= 11 is 0. The molecular formula is C15H20N2O3. The molecule has 5 nitrogen and oxygen atoms in total. The maximum atomic E-state index is 12.4. The molecule has 2 heterocycles. The van der Waals surface area contributed by atoms with Gasteiger partial charge >= 0.3 is 5.97 Å². The van der Waals surface area contributed by atoms with Gasteiger partial charge in [0.05, 0.1) is 11.0 Å². The molecule has 1 aliphatic rings. The van der Waals surface area contributed by atoms with Crippen LogP contribution in [0.4, 0.5) is 0 Å². The first-order chi connectivity index (χ1) is 9.48. The van der Waals surface area contributed by atoms with Gasteiger partial charge in [0.1, 0.15) is 0 Å². The first-order valence-electron chi connectivity index (χ1n) is 6.93. The number of amides is 1. The minimum absolute atomic E-state index is 0.125. The van der Waals surface area contributed by atoms with Gasteiger partial charge in [0, 0.05) is 25.5 Å². The summed E-state index contributed by atoms with van der Waals surface area (Å²) in [6.45, 7) is 4.65. The van der Waals surface area contributed by atoms with Crippen LogP contribution in [-0.2, 0) is 4.79 Å². The van der Waals surface area contributed by atoms with E-state index in [9.17, 15) is 14.7 Å². The fourth-order valence-electron chi connectivity index (χ4n) is 2.86. The number of carboxylic acid groups (broad SMARTS) is 1. The van der Waals surface area contributed by atoms with Crippen LogP contribution in [0.1, 0.15) is 42.1 Å². The van der Waals surface area contributed by atoms with E-state index in [0.717, 1.165) is 12.0 Å². The second kappa shape index (κ2) is 5.61. The summed E-state index contributed by atoms with van der Waals surface area (Å²) in [7, 11) is 0. The Hall–Kier alpha value is -1.91. The molecule has 1 aromatic heterocycles. The van der Waals surface area contributed by atoms with Crippen LogP contribution in [0, 0.1) is 12.3 Å². The molecule has 5 heteroatoms. The number of hydrogen-bond acceptors (Lipinski definition) is 3. The first-order valence-corrected chi connectivity index (χ1v) is 6.93. The molecule has 108 valence electrons. The van der Waals surface area contributed by atoms with E-state index in [0.29, 0.717) is 31.5 Å². The number of aryl methyl sites for hydroxylation is 1. The van der Waals surface area contributed by atoms with Gasteiger partial charge in [0.25, 0.3) is 5.91 Å². The van der Waals surface area contributed by atoms with Crippen molar-refractivity contribution in [3.8, 4) is 0 Å². The highest BCUT2D eigenvalue weighted by molar-refractivity contribution is 5.95. The molecular weight excluding hydrogens is 256 g/mol. The number of nitrogens with zero attached hydrogens (tertiary/aromatic N) is 2. The minimum Gasteiger partial charge on any atom is -0.481 e. The largest absolute Gasteiger partial charge is 0.481 e. The van der Waals surface area contributed by atoms with Crippen molar-refractivity contribution < 1.29 is 14.7 Å². The van der Waals surface area contributed by atoms with Crippen molar-refractivity contribution in [2.24, 2.45) is 5.41 Å². The van der Waals surface area contributed by atoms with E-state index in [-0.39, 0.29) is 5.91 Å². The Labute approximate surface area is 118 Å². The summed E-state index contributed by atoms with van der Waals surface area (Å²) in [5.41, 5.74) is 0.678. The summed E-state index contributed by atoms with van der Waals surface area (Å²) in [4.78, 5) is 29.6. The molecule has 0 aromatic carbocycles. The normalized spacial score (nSPS) is 22.0. The molecule has 1 N–H and O–H groups in total. The molecule has 1 fully saturated rings. The maximum absolute atomic E-state index is 12.4. The smallest absolute Gasteiger partial charge is 0.311 e. The summed E-state index contributed by atoms with van der Waals surface area (Å²) in [6, 6.07) is 1.79. The molecule has 1 aliphatic heterocycles. The van der Waals surface area contributed by atoms with Crippen LogP contribution < -0.4 is 0 Å². The van der Waals surface area contributed by atoms with Crippen LogP contribution in [0.5, 0.6) is 0 Å². The zero-order valence-electron chi connectivity index (χ0n) is 11.9. The number of carbonyl (C=O) groups is 2. The van der Waals surface area contributed by atoms with E-state index in [4.69, 9.17) is 0 Å². The van der Waals surface area contributed by atoms with Gasteiger partial charge in [0.2, 0.25) is 0 Å². The van der Waals surface area contributed by atoms with Crippen LogP contribution >= 0.6 is 0 Å². The van der Waals surface area contributed by atoms with Crippen LogP contribution in [0.3, 0.4) is 0 Å². The van der Waals surface area contributed by atoms with Gasteiger partial charge in [-0.15, -0.1) is 0 Å². The predicted molar refractivity (Wildman–Crippen MR) is 74.5 cm³/mol. The fraction of sp³-hybridized carbons (Fsp3) is 0.533. The Morgan fingerprint density at radius 1 is 1.45 bits per heavy atom. The number of carboxylic acids is 1.